The van der Waals surface area contributed by atoms with Gasteiger partial charge < -0.3 is 15.0 Å². The summed E-state index contributed by atoms with van der Waals surface area (Å²) >= 11 is 0. The second-order valence-electron chi connectivity index (χ2n) is 7.23. The molecule has 1 amide bonds. The number of carbonyl (C=O) groups is 2. The third kappa shape index (κ3) is 4.82. The number of ether oxygens (including phenoxy) is 1. The van der Waals surface area contributed by atoms with E-state index in [1.165, 1.54) is 26.3 Å². The quantitative estimate of drug-likeness (QED) is 0.776. The van der Waals surface area contributed by atoms with Gasteiger partial charge >= 0.3 is 5.97 Å². The molecule has 8 heteroatoms. The summed E-state index contributed by atoms with van der Waals surface area (Å²) in [6.45, 7) is 4.96. The number of nitrogens with zero attached hydrogens (tertiary/aromatic N) is 3. The Balaban J connectivity index is 1.57. The number of hydrogen-bond donors (Lipinski definition) is 1. The Morgan fingerprint density at radius 2 is 1.76 bits per heavy atom. The number of rotatable bonds is 5. The molecule has 8 nitrogen and oxygen atoms in total. The van der Waals surface area contributed by atoms with Crippen molar-refractivity contribution >= 4 is 23.3 Å². The van der Waals surface area contributed by atoms with Gasteiger partial charge in [-0.1, -0.05) is 0 Å². The maximum absolute atomic E-state index is 12.3. The first-order valence-corrected chi connectivity index (χ1v) is 9.73. The van der Waals surface area contributed by atoms with E-state index in [0.717, 1.165) is 23.5 Å². The van der Waals surface area contributed by atoms with Crippen LogP contribution in [0.1, 0.15) is 40.9 Å². The number of hydrogen-bond acceptors (Lipinski definition) is 6. The number of piperidine rings is 1. The van der Waals surface area contributed by atoms with Crippen LogP contribution in [-0.2, 0) is 16.6 Å². The number of aromatic nitrogens is 2. The van der Waals surface area contributed by atoms with Gasteiger partial charge in [-0.3, -0.25) is 9.59 Å². The molecular formula is C21H26N4O4. The Hall–Kier alpha value is -3.16. The van der Waals surface area contributed by atoms with E-state index in [1.54, 1.807) is 13.8 Å². The van der Waals surface area contributed by atoms with Crippen LogP contribution in [-0.4, -0.2) is 41.4 Å². The van der Waals surface area contributed by atoms with Gasteiger partial charge in [0.25, 0.3) is 11.5 Å². The summed E-state index contributed by atoms with van der Waals surface area (Å²) < 4.78 is 6.14. The third-order valence-electron chi connectivity index (χ3n) is 5.14. The first kappa shape index (κ1) is 20.6. The van der Waals surface area contributed by atoms with E-state index in [1.807, 2.05) is 24.3 Å². The SMILES string of the molecule is Cc1nn(C)c(=O)c(C(=O)OCC(=O)Nc2ccc(N3CCCCC3)cc2)c1C. The lowest BCUT2D eigenvalue weighted by Gasteiger charge is -2.28. The summed E-state index contributed by atoms with van der Waals surface area (Å²) in [5.74, 6) is -1.30. The van der Waals surface area contributed by atoms with Crippen molar-refractivity contribution in [1.29, 1.82) is 0 Å². The number of aryl methyl sites for hydroxylation is 2. The second-order valence-corrected chi connectivity index (χ2v) is 7.23. The predicted molar refractivity (Wildman–Crippen MR) is 110 cm³/mol. The Morgan fingerprint density at radius 1 is 1.10 bits per heavy atom. The second kappa shape index (κ2) is 8.89. The molecule has 29 heavy (non-hydrogen) atoms. The molecule has 0 bridgehead atoms. The molecular weight excluding hydrogens is 372 g/mol. The number of nitrogens with one attached hydrogen (secondary N) is 1. The summed E-state index contributed by atoms with van der Waals surface area (Å²) in [5, 5.41) is 6.72. The molecule has 0 atom stereocenters. The van der Waals surface area contributed by atoms with Crippen molar-refractivity contribution < 1.29 is 14.3 Å². The van der Waals surface area contributed by atoms with E-state index in [4.69, 9.17) is 4.74 Å². The molecule has 1 fully saturated rings. The van der Waals surface area contributed by atoms with Crippen LogP contribution < -0.4 is 15.8 Å². The van der Waals surface area contributed by atoms with Crippen molar-refractivity contribution in [2.75, 3.05) is 29.9 Å². The van der Waals surface area contributed by atoms with Gasteiger partial charge in [0.2, 0.25) is 0 Å². The fourth-order valence-electron chi connectivity index (χ4n) is 3.40. The number of carbonyl (C=O) groups excluding carboxylic acids is 2. The van der Waals surface area contributed by atoms with Gasteiger partial charge in [0.15, 0.2) is 6.61 Å². The van der Waals surface area contributed by atoms with Crippen molar-refractivity contribution in [3.8, 4) is 0 Å². The van der Waals surface area contributed by atoms with Gasteiger partial charge in [0.05, 0.1) is 5.69 Å². The third-order valence-corrected chi connectivity index (χ3v) is 5.14. The average Bonchev–Trinajstić information content (AvgIpc) is 2.72. The highest BCUT2D eigenvalue weighted by Crippen LogP contribution is 2.21. The Bertz CT molecular complexity index is 960. The number of anilines is 2. The maximum Gasteiger partial charge on any atom is 0.344 e. The van der Waals surface area contributed by atoms with Crippen molar-refractivity contribution in [3.63, 3.8) is 0 Å². The standard InChI is InChI=1S/C21H26N4O4/c1-14-15(2)23-24(3)20(27)19(14)21(28)29-13-18(26)22-16-7-9-17(10-8-16)25-11-5-4-6-12-25/h7-10H,4-6,11-13H2,1-3H3,(H,22,26). The van der Waals surface area contributed by atoms with E-state index < -0.39 is 24.0 Å². The molecule has 2 heterocycles. The molecule has 3 rings (SSSR count). The smallest absolute Gasteiger partial charge is 0.344 e. The van der Waals surface area contributed by atoms with Crippen LogP contribution in [0.2, 0.25) is 0 Å². The minimum atomic E-state index is -0.829. The van der Waals surface area contributed by atoms with E-state index in [0.29, 0.717) is 16.9 Å². The Labute approximate surface area is 169 Å². The summed E-state index contributed by atoms with van der Waals surface area (Å²) in [6, 6.07) is 7.60. The van der Waals surface area contributed by atoms with Gasteiger partial charge in [0, 0.05) is 31.5 Å². The van der Waals surface area contributed by atoms with E-state index in [9.17, 15) is 14.4 Å². The highest BCUT2D eigenvalue weighted by Gasteiger charge is 2.20. The van der Waals surface area contributed by atoms with Crippen molar-refractivity contribution in [1.82, 2.24) is 9.78 Å². The fourth-order valence-corrected chi connectivity index (χ4v) is 3.40. The number of amides is 1. The highest BCUT2D eigenvalue weighted by atomic mass is 16.5. The van der Waals surface area contributed by atoms with Crippen molar-refractivity contribution in [2.24, 2.45) is 7.05 Å². The lowest BCUT2D eigenvalue weighted by atomic mass is 10.1. The van der Waals surface area contributed by atoms with Crippen molar-refractivity contribution in [3.05, 3.63) is 51.4 Å². The van der Waals surface area contributed by atoms with Gasteiger partial charge in [-0.25, -0.2) is 9.48 Å². The van der Waals surface area contributed by atoms with Crippen LogP contribution in [0.3, 0.4) is 0 Å². The van der Waals surface area contributed by atoms with E-state index >= 15 is 0 Å². The zero-order valence-electron chi connectivity index (χ0n) is 17.0. The van der Waals surface area contributed by atoms with Gasteiger partial charge in [-0.15, -0.1) is 0 Å². The highest BCUT2D eigenvalue weighted by molar-refractivity contribution is 5.96. The summed E-state index contributed by atoms with van der Waals surface area (Å²) in [6.07, 6.45) is 3.67. The van der Waals surface area contributed by atoms with Crippen LogP contribution in [0.5, 0.6) is 0 Å². The monoisotopic (exact) mass is 398 g/mol. The Morgan fingerprint density at radius 3 is 2.41 bits per heavy atom. The summed E-state index contributed by atoms with van der Waals surface area (Å²) in [5.41, 5.74) is 2.11. The lowest BCUT2D eigenvalue weighted by Crippen LogP contribution is -2.31. The van der Waals surface area contributed by atoms with Crippen LogP contribution in [0.15, 0.2) is 29.1 Å². The molecule has 2 aromatic rings. The number of esters is 1. The Kier molecular flexibility index (Phi) is 6.31. The maximum atomic E-state index is 12.3. The molecule has 1 aromatic carbocycles. The van der Waals surface area contributed by atoms with Gasteiger partial charge in [-0.05, 0) is 62.9 Å². The molecule has 0 radical (unpaired) electrons. The molecule has 154 valence electrons. The van der Waals surface area contributed by atoms with Gasteiger partial charge in [-0.2, -0.15) is 5.10 Å². The minimum absolute atomic E-state index is 0.0984. The van der Waals surface area contributed by atoms with Crippen LogP contribution in [0, 0.1) is 13.8 Å². The fraction of sp³-hybridized carbons (Fsp3) is 0.429. The molecule has 1 aliphatic heterocycles. The molecule has 0 unspecified atom stereocenters. The minimum Gasteiger partial charge on any atom is -0.452 e. The molecule has 1 N–H and O–H groups in total. The largest absolute Gasteiger partial charge is 0.452 e. The first-order valence-electron chi connectivity index (χ1n) is 9.73. The van der Waals surface area contributed by atoms with Gasteiger partial charge in [0.1, 0.15) is 5.56 Å². The van der Waals surface area contributed by atoms with E-state index in [-0.39, 0.29) is 5.56 Å². The van der Waals surface area contributed by atoms with Crippen LogP contribution >= 0.6 is 0 Å². The normalized spacial score (nSPS) is 13.8. The topological polar surface area (TPSA) is 93.5 Å². The predicted octanol–water partition coefficient (Wildman–Crippen LogP) is 2.18. The molecule has 0 spiro atoms. The van der Waals surface area contributed by atoms with E-state index in [2.05, 4.69) is 15.3 Å². The first-order chi connectivity index (χ1) is 13.9. The molecule has 0 saturated carbocycles. The molecule has 1 saturated heterocycles. The zero-order chi connectivity index (χ0) is 21.0. The summed E-state index contributed by atoms with van der Waals surface area (Å²) in [7, 11) is 1.46. The molecule has 1 aliphatic rings. The molecule has 1 aromatic heterocycles. The molecule has 0 aliphatic carbocycles. The van der Waals surface area contributed by atoms with Crippen LogP contribution in [0.4, 0.5) is 11.4 Å². The zero-order valence-corrected chi connectivity index (χ0v) is 17.0. The number of benzene rings is 1. The van der Waals surface area contributed by atoms with Crippen LogP contribution in [0.25, 0.3) is 0 Å². The summed E-state index contributed by atoms with van der Waals surface area (Å²) in [4.78, 5) is 39.0. The lowest BCUT2D eigenvalue weighted by molar-refractivity contribution is -0.119. The van der Waals surface area contributed by atoms with Crippen molar-refractivity contribution in [2.45, 2.75) is 33.1 Å². The average molecular weight is 398 g/mol.